The number of aromatic amines is 1. The van der Waals surface area contributed by atoms with E-state index in [1.165, 1.54) is 24.0 Å². The molecule has 0 atom stereocenters. The highest BCUT2D eigenvalue weighted by Gasteiger charge is 2.14. The maximum Gasteiger partial charge on any atom is 0.137 e. The number of nitrogens with one attached hydrogen (secondary N) is 1. The molecule has 0 radical (unpaired) electrons. The van der Waals surface area contributed by atoms with Gasteiger partial charge in [0.1, 0.15) is 5.65 Å². The monoisotopic (exact) mass is 230 g/mol. The van der Waals surface area contributed by atoms with Gasteiger partial charge in [0.05, 0.1) is 0 Å². The number of rotatable bonds is 2. The van der Waals surface area contributed by atoms with E-state index in [1.54, 1.807) is 0 Å². The van der Waals surface area contributed by atoms with E-state index in [1.807, 2.05) is 12.4 Å². The van der Waals surface area contributed by atoms with Gasteiger partial charge in [-0.15, -0.1) is 0 Å². The summed E-state index contributed by atoms with van der Waals surface area (Å²) >= 11 is 0. The second kappa shape index (κ2) is 4.47. The van der Waals surface area contributed by atoms with Gasteiger partial charge in [-0.25, -0.2) is 4.98 Å². The quantitative estimate of drug-likeness (QED) is 0.845. The van der Waals surface area contributed by atoms with Crippen molar-refractivity contribution < 1.29 is 0 Å². The fourth-order valence-electron chi connectivity index (χ4n) is 2.34. The van der Waals surface area contributed by atoms with Gasteiger partial charge in [-0.3, -0.25) is 4.90 Å². The van der Waals surface area contributed by atoms with Crippen molar-refractivity contribution in [2.75, 3.05) is 33.2 Å². The van der Waals surface area contributed by atoms with Gasteiger partial charge in [0.15, 0.2) is 0 Å². The Morgan fingerprint density at radius 1 is 1.29 bits per heavy atom. The Labute approximate surface area is 101 Å². The van der Waals surface area contributed by atoms with Crippen LogP contribution in [0.4, 0.5) is 0 Å². The second-order valence-electron chi connectivity index (χ2n) is 4.84. The zero-order chi connectivity index (χ0) is 11.7. The first kappa shape index (κ1) is 10.7. The number of hydrogen-bond donors (Lipinski definition) is 1. The van der Waals surface area contributed by atoms with E-state index in [0.717, 1.165) is 25.3 Å². The Bertz CT molecular complexity index is 497. The van der Waals surface area contributed by atoms with Crippen LogP contribution in [0.3, 0.4) is 0 Å². The van der Waals surface area contributed by atoms with Gasteiger partial charge >= 0.3 is 0 Å². The maximum atomic E-state index is 4.43. The molecule has 1 aliphatic rings. The smallest absolute Gasteiger partial charge is 0.137 e. The first-order chi connectivity index (χ1) is 8.31. The van der Waals surface area contributed by atoms with Crippen LogP contribution < -0.4 is 0 Å². The van der Waals surface area contributed by atoms with Gasteiger partial charge in [-0.1, -0.05) is 0 Å². The SMILES string of the molecule is CN1CCN(Cc2cnc3[nH]ccc3c2)CC1. The molecule has 3 heterocycles. The summed E-state index contributed by atoms with van der Waals surface area (Å²) in [5.74, 6) is 0. The first-order valence-corrected chi connectivity index (χ1v) is 6.14. The van der Waals surface area contributed by atoms with Gasteiger partial charge in [0, 0.05) is 50.5 Å². The van der Waals surface area contributed by atoms with Crippen LogP contribution in [0.15, 0.2) is 24.5 Å². The lowest BCUT2D eigenvalue weighted by Crippen LogP contribution is -2.43. The van der Waals surface area contributed by atoms with Crippen LogP contribution in [-0.2, 0) is 6.54 Å². The predicted octanol–water partition coefficient (Wildman–Crippen LogP) is 1.31. The molecule has 2 aromatic heterocycles. The molecule has 90 valence electrons. The highest BCUT2D eigenvalue weighted by Crippen LogP contribution is 2.13. The van der Waals surface area contributed by atoms with E-state index in [4.69, 9.17) is 0 Å². The lowest BCUT2D eigenvalue weighted by Gasteiger charge is -2.32. The molecule has 0 spiro atoms. The molecule has 0 unspecified atom stereocenters. The van der Waals surface area contributed by atoms with E-state index in [2.05, 4.69) is 38.9 Å². The third kappa shape index (κ3) is 2.33. The molecule has 3 rings (SSSR count). The largest absolute Gasteiger partial charge is 0.346 e. The van der Waals surface area contributed by atoms with Crippen LogP contribution in [0.5, 0.6) is 0 Å². The summed E-state index contributed by atoms with van der Waals surface area (Å²) in [6.45, 7) is 5.66. The molecule has 1 saturated heterocycles. The molecule has 1 aliphatic heterocycles. The number of piperazine rings is 1. The highest BCUT2D eigenvalue weighted by atomic mass is 15.2. The molecule has 17 heavy (non-hydrogen) atoms. The van der Waals surface area contributed by atoms with Crippen molar-refractivity contribution in [2.45, 2.75) is 6.54 Å². The van der Waals surface area contributed by atoms with Crippen LogP contribution >= 0.6 is 0 Å². The minimum absolute atomic E-state index is 0.979. The Kier molecular flexibility index (Phi) is 2.82. The Morgan fingerprint density at radius 3 is 2.94 bits per heavy atom. The lowest BCUT2D eigenvalue weighted by atomic mass is 10.2. The van der Waals surface area contributed by atoms with Gasteiger partial charge < -0.3 is 9.88 Å². The lowest BCUT2D eigenvalue weighted by molar-refractivity contribution is 0.148. The standard InChI is InChI=1S/C13H18N4/c1-16-4-6-17(7-5-16)10-11-8-12-2-3-14-13(12)15-9-11/h2-3,8-9H,4-7,10H2,1H3,(H,14,15). The van der Waals surface area contributed by atoms with Crippen LogP contribution in [0.2, 0.25) is 0 Å². The van der Waals surface area contributed by atoms with Crippen molar-refractivity contribution in [2.24, 2.45) is 0 Å². The fraction of sp³-hybridized carbons (Fsp3) is 0.462. The Balaban J connectivity index is 1.71. The summed E-state index contributed by atoms with van der Waals surface area (Å²) in [7, 11) is 2.19. The molecule has 4 nitrogen and oxygen atoms in total. The van der Waals surface area contributed by atoms with Crippen molar-refractivity contribution in [3.8, 4) is 0 Å². The van der Waals surface area contributed by atoms with E-state index >= 15 is 0 Å². The molecule has 0 amide bonds. The minimum Gasteiger partial charge on any atom is -0.346 e. The van der Waals surface area contributed by atoms with Crippen molar-refractivity contribution >= 4 is 11.0 Å². The summed E-state index contributed by atoms with van der Waals surface area (Å²) < 4.78 is 0. The number of aromatic nitrogens is 2. The van der Waals surface area contributed by atoms with Crippen molar-refractivity contribution in [1.29, 1.82) is 0 Å². The highest BCUT2D eigenvalue weighted by molar-refractivity contribution is 5.75. The van der Waals surface area contributed by atoms with E-state index in [0.29, 0.717) is 0 Å². The summed E-state index contributed by atoms with van der Waals surface area (Å²) in [6, 6.07) is 4.31. The summed E-state index contributed by atoms with van der Waals surface area (Å²) in [5.41, 5.74) is 2.29. The van der Waals surface area contributed by atoms with Crippen molar-refractivity contribution in [3.05, 3.63) is 30.1 Å². The minimum atomic E-state index is 0.979. The molecule has 0 aromatic carbocycles. The third-order valence-corrected chi connectivity index (χ3v) is 3.46. The van der Waals surface area contributed by atoms with Crippen LogP contribution in [0.25, 0.3) is 11.0 Å². The molecule has 4 heteroatoms. The molecule has 1 N–H and O–H groups in total. The Hall–Kier alpha value is -1.39. The topological polar surface area (TPSA) is 35.2 Å². The molecule has 2 aromatic rings. The molecular formula is C13H18N4. The normalized spacial score (nSPS) is 18.9. The molecular weight excluding hydrogens is 212 g/mol. The maximum absolute atomic E-state index is 4.43. The number of nitrogens with zero attached hydrogens (tertiary/aromatic N) is 3. The number of H-pyrrole nitrogens is 1. The fourth-order valence-corrected chi connectivity index (χ4v) is 2.34. The average molecular weight is 230 g/mol. The predicted molar refractivity (Wildman–Crippen MR) is 68.9 cm³/mol. The van der Waals surface area contributed by atoms with E-state index in [-0.39, 0.29) is 0 Å². The third-order valence-electron chi connectivity index (χ3n) is 3.46. The molecule has 0 aliphatic carbocycles. The summed E-state index contributed by atoms with van der Waals surface area (Å²) in [5, 5.41) is 1.21. The van der Waals surface area contributed by atoms with Crippen molar-refractivity contribution in [3.63, 3.8) is 0 Å². The number of hydrogen-bond acceptors (Lipinski definition) is 3. The number of pyridine rings is 1. The van der Waals surface area contributed by atoms with Crippen LogP contribution in [-0.4, -0.2) is 53.0 Å². The van der Waals surface area contributed by atoms with E-state index < -0.39 is 0 Å². The van der Waals surface area contributed by atoms with Gasteiger partial charge in [-0.2, -0.15) is 0 Å². The van der Waals surface area contributed by atoms with Gasteiger partial charge in [-0.05, 0) is 24.7 Å². The van der Waals surface area contributed by atoms with Crippen molar-refractivity contribution in [1.82, 2.24) is 19.8 Å². The number of fused-ring (bicyclic) bond motifs is 1. The molecule has 0 saturated carbocycles. The Morgan fingerprint density at radius 2 is 2.12 bits per heavy atom. The van der Waals surface area contributed by atoms with Crippen LogP contribution in [0, 0.1) is 0 Å². The summed E-state index contributed by atoms with van der Waals surface area (Å²) in [6.07, 6.45) is 3.93. The number of likely N-dealkylation sites (N-methyl/N-ethyl adjacent to an activating group) is 1. The molecule has 1 fully saturated rings. The second-order valence-corrected chi connectivity index (χ2v) is 4.84. The van der Waals surface area contributed by atoms with Crippen LogP contribution in [0.1, 0.15) is 5.56 Å². The van der Waals surface area contributed by atoms with E-state index in [9.17, 15) is 0 Å². The molecule has 0 bridgehead atoms. The zero-order valence-corrected chi connectivity index (χ0v) is 10.2. The van der Waals surface area contributed by atoms with Gasteiger partial charge in [0.2, 0.25) is 0 Å². The first-order valence-electron chi connectivity index (χ1n) is 6.14. The van der Waals surface area contributed by atoms with Gasteiger partial charge in [0.25, 0.3) is 0 Å². The summed E-state index contributed by atoms with van der Waals surface area (Å²) in [4.78, 5) is 12.4. The average Bonchev–Trinajstić information content (AvgIpc) is 2.79. The zero-order valence-electron chi connectivity index (χ0n) is 10.2.